The molecule has 0 bridgehead atoms. The minimum absolute atomic E-state index is 0.439. The van der Waals surface area contributed by atoms with Gasteiger partial charge in [0.1, 0.15) is 5.75 Å². The Morgan fingerprint density at radius 2 is 1.59 bits per heavy atom. The molecule has 0 unspecified atom stereocenters. The van der Waals surface area contributed by atoms with Crippen molar-refractivity contribution in [2.75, 3.05) is 38.2 Å². The molecule has 4 rings (SSSR count). The van der Waals surface area contributed by atoms with Crippen LogP contribution in [-0.2, 0) is 22.9 Å². The molecular formula is C21H26N2O3S. The lowest BCUT2D eigenvalue weighted by atomic mass is 9.92. The molecular weight excluding hydrogens is 360 g/mol. The molecule has 1 aliphatic carbocycles. The Balaban J connectivity index is 1.50. The number of aryl methyl sites for hydroxylation is 2. The minimum Gasteiger partial charge on any atom is -0.495 e. The molecule has 1 heterocycles. The van der Waals surface area contributed by atoms with Gasteiger partial charge in [-0.1, -0.05) is 18.2 Å². The summed E-state index contributed by atoms with van der Waals surface area (Å²) in [5.41, 5.74) is 3.53. The quantitative estimate of drug-likeness (QED) is 0.810. The number of para-hydroxylation sites is 2. The van der Waals surface area contributed by atoms with Crippen molar-refractivity contribution >= 4 is 15.7 Å². The highest BCUT2D eigenvalue weighted by molar-refractivity contribution is 7.89. The summed E-state index contributed by atoms with van der Waals surface area (Å²) < 4.78 is 33.3. The zero-order valence-electron chi connectivity index (χ0n) is 15.7. The van der Waals surface area contributed by atoms with Crippen molar-refractivity contribution in [1.29, 1.82) is 0 Å². The van der Waals surface area contributed by atoms with E-state index in [1.165, 1.54) is 17.5 Å². The van der Waals surface area contributed by atoms with E-state index in [0.717, 1.165) is 30.7 Å². The fourth-order valence-electron chi connectivity index (χ4n) is 4.08. The van der Waals surface area contributed by atoms with Crippen molar-refractivity contribution in [2.45, 2.75) is 30.6 Å². The summed E-state index contributed by atoms with van der Waals surface area (Å²) in [6.07, 6.45) is 4.39. The number of methoxy groups -OCH3 is 1. The number of hydrogen-bond acceptors (Lipinski definition) is 4. The Morgan fingerprint density at radius 1 is 0.889 bits per heavy atom. The van der Waals surface area contributed by atoms with Crippen molar-refractivity contribution < 1.29 is 13.2 Å². The number of sulfonamides is 1. The molecule has 27 heavy (non-hydrogen) atoms. The van der Waals surface area contributed by atoms with Crippen molar-refractivity contribution in [3.05, 3.63) is 53.6 Å². The van der Waals surface area contributed by atoms with Crippen molar-refractivity contribution in [1.82, 2.24) is 4.31 Å². The first-order valence-electron chi connectivity index (χ1n) is 9.59. The molecule has 2 aromatic rings. The largest absolute Gasteiger partial charge is 0.495 e. The van der Waals surface area contributed by atoms with Crippen molar-refractivity contribution in [2.24, 2.45) is 0 Å². The van der Waals surface area contributed by atoms with E-state index < -0.39 is 10.0 Å². The van der Waals surface area contributed by atoms with Crippen LogP contribution in [0.2, 0.25) is 0 Å². The number of hydrogen-bond donors (Lipinski definition) is 0. The molecule has 0 amide bonds. The molecule has 2 aliphatic rings. The molecule has 0 N–H and O–H groups in total. The Kier molecular flexibility index (Phi) is 5.10. The van der Waals surface area contributed by atoms with Crippen LogP contribution in [0, 0.1) is 0 Å². The van der Waals surface area contributed by atoms with E-state index >= 15 is 0 Å². The summed E-state index contributed by atoms with van der Waals surface area (Å²) in [6, 6.07) is 13.6. The second-order valence-corrected chi connectivity index (χ2v) is 9.14. The summed E-state index contributed by atoms with van der Waals surface area (Å²) in [6.45, 7) is 2.28. The van der Waals surface area contributed by atoms with Gasteiger partial charge in [0.15, 0.2) is 0 Å². The summed E-state index contributed by atoms with van der Waals surface area (Å²) in [5.74, 6) is 0.823. The average Bonchev–Trinajstić information content (AvgIpc) is 2.73. The van der Waals surface area contributed by atoms with Gasteiger partial charge in [-0.25, -0.2) is 8.42 Å². The maximum absolute atomic E-state index is 13.1. The van der Waals surface area contributed by atoms with E-state index in [-0.39, 0.29) is 0 Å². The number of benzene rings is 2. The van der Waals surface area contributed by atoms with Gasteiger partial charge >= 0.3 is 0 Å². The number of nitrogens with zero attached hydrogens (tertiary/aromatic N) is 2. The van der Waals surface area contributed by atoms with Crippen LogP contribution in [0.4, 0.5) is 5.69 Å². The SMILES string of the molecule is COc1ccccc1N1CCN(S(=O)(=O)c2ccc3c(c2)CCCC3)CC1. The molecule has 0 aromatic heterocycles. The monoisotopic (exact) mass is 386 g/mol. The van der Waals surface area contributed by atoms with E-state index in [2.05, 4.69) is 4.90 Å². The highest BCUT2D eigenvalue weighted by Crippen LogP contribution is 2.30. The van der Waals surface area contributed by atoms with Gasteiger partial charge in [0.25, 0.3) is 0 Å². The lowest BCUT2D eigenvalue weighted by molar-refractivity contribution is 0.378. The van der Waals surface area contributed by atoms with Crippen LogP contribution in [0.15, 0.2) is 47.4 Å². The fraction of sp³-hybridized carbons (Fsp3) is 0.429. The second-order valence-electron chi connectivity index (χ2n) is 7.20. The topological polar surface area (TPSA) is 49.9 Å². The lowest BCUT2D eigenvalue weighted by Crippen LogP contribution is -2.48. The van der Waals surface area contributed by atoms with Gasteiger partial charge in [0.2, 0.25) is 10.0 Å². The molecule has 2 aromatic carbocycles. The molecule has 0 saturated carbocycles. The first-order valence-corrected chi connectivity index (χ1v) is 11.0. The van der Waals surface area contributed by atoms with Gasteiger partial charge in [0.05, 0.1) is 17.7 Å². The maximum atomic E-state index is 13.1. The van der Waals surface area contributed by atoms with Gasteiger partial charge in [-0.3, -0.25) is 0 Å². The van der Waals surface area contributed by atoms with E-state index in [9.17, 15) is 8.42 Å². The summed E-state index contributed by atoms with van der Waals surface area (Å²) in [5, 5.41) is 0. The summed E-state index contributed by atoms with van der Waals surface area (Å²) in [7, 11) is -1.78. The predicted octanol–water partition coefficient (Wildman–Crippen LogP) is 3.08. The van der Waals surface area contributed by atoms with Gasteiger partial charge in [-0.2, -0.15) is 4.31 Å². The van der Waals surface area contributed by atoms with Crippen LogP contribution in [0.5, 0.6) is 5.75 Å². The average molecular weight is 387 g/mol. The Labute approximate surface area is 161 Å². The molecule has 144 valence electrons. The number of piperazine rings is 1. The Morgan fingerprint density at radius 3 is 2.33 bits per heavy atom. The van der Waals surface area contributed by atoms with Crippen LogP contribution in [0.3, 0.4) is 0 Å². The first-order chi connectivity index (χ1) is 13.1. The number of anilines is 1. The van der Waals surface area contributed by atoms with Crippen molar-refractivity contribution in [3.8, 4) is 5.75 Å². The lowest BCUT2D eigenvalue weighted by Gasteiger charge is -2.36. The third-order valence-corrected chi connectivity index (χ3v) is 7.52. The van der Waals surface area contributed by atoms with Crippen LogP contribution in [0.25, 0.3) is 0 Å². The molecule has 6 heteroatoms. The molecule has 1 aliphatic heterocycles. The van der Waals surface area contributed by atoms with Crippen LogP contribution < -0.4 is 9.64 Å². The van der Waals surface area contributed by atoms with E-state index in [0.29, 0.717) is 31.1 Å². The molecule has 0 spiro atoms. The highest BCUT2D eigenvalue weighted by Gasteiger charge is 2.30. The minimum atomic E-state index is -3.44. The first kappa shape index (κ1) is 18.3. The van der Waals surface area contributed by atoms with E-state index in [1.807, 2.05) is 36.4 Å². The third kappa shape index (κ3) is 3.56. The molecule has 0 radical (unpaired) electrons. The number of rotatable bonds is 4. The van der Waals surface area contributed by atoms with Crippen LogP contribution in [-0.4, -0.2) is 46.0 Å². The van der Waals surface area contributed by atoms with Gasteiger partial charge in [-0.15, -0.1) is 0 Å². The number of fused-ring (bicyclic) bond motifs is 1. The normalized spacial score (nSPS) is 18.2. The van der Waals surface area contributed by atoms with Crippen molar-refractivity contribution in [3.63, 3.8) is 0 Å². The van der Waals surface area contributed by atoms with Gasteiger partial charge in [-0.05, 0) is 61.1 Å². The Hall–Kier alpha value is -2.05. The molecule has 5 nitrogen and oxygen atoms in total. The smallest absolute Gasteiger partial charge is 0.243 e. The van der Waals surface area contributed by atoms with Crippen LogP contribution in [0.1, 0.15) is 24.0 Å². The molecule has 1 fully saturated rings. The van der Waals surface area contributed by atoms with E-state index in [4.69, 9.17) is 4.74 Å². The summed E-state index contributed by atoms with van der Waals surface area (Å²) >= 11 is 0. The van der Waals surface area contributed by atoms with Crippen LogP contribution >= 0.6 is 0 Å². The zero-order chi connectivity index (χ0) is 18.9. The standard InChI is InChI=1S/C21H26N2O3S/c1-26-21-9-5-4-8-20(21)22-12-14-23(15-13-22)27(24,25)19-11-10-17-6-2-3-7-18(17)16-19/h4-5,8-11,16H,2-3,6-7,12-15H2,1H3. The van der Waals surface area contributed by atoms with Gasteiger partial charge in [0, 0.05) is 26.2 Å². The molecule has 0 atom stereocenters. The maximum Gasteiger partial charge on any atom is 0.243 e. The predicted molar refractivity (Wildman–Crippen MR) is 107 cm³/mol. The van der Waals surface area contributed by atoms with Gasteiger partial charge < -0.3 is 9.64 Å². The zero-order valence-corrected chi connectivity index (χ0v) is 16.5. The fourth-order valence-corrected chi connectivity index (χ4v) is 5.55. The Bertz CT molecular complexity index is 919. The third-order valence-electron chi connectivity index (χ3n) is 5.62. The molecule has 1 saturated heterocycles. The number of ether oxygens (including phenoxy) is 1. The van der Waals surface area contributed by atoms with E-state index in [1.54, 1.807) is 17.5 Å². The second kappa shape index (κ2) is 7.52. The summed E-state index contributed by atoms with van der Waals surface area (Å²) in [4.78, 5) is 2.63. The highest BCUT2D eigenvalue weighted by atomic mass is 32.2.